The van der Waals surface area contributed by atoms with Crippen LogP contribution in [0.5, 0.6) is 0 Å². The van der Waals surface area contributed by atoms with Crippen LogP contribution in [0.25, 0.3) is 0 Å². The predicted octanol–water partition coefficient (Wildman–Crippen LogP) is 4.15. The van der Waals surface area contributed by atoms with E-state index in [0.29, 0.717) is 5.92 Å². The molecule has 1 aliphatic carbocycles. The number of para-hydroxylation sites is 1. The van der Waals surface area contributed by atoms with Gasteiger partial charge in [0.2, 0.25) is 0 Å². The topological polar surface area (TPSA) is 23.6 Å². The molecule has 0 bridgehead atoms. The van der Waals surface area contributed by atoms with Gasteiger partial charge >= 0.3 is 0 Å². The standard InChI is InChI=1S/C22H26N2OS/c25-22(21-14-18-5-3-7-20(18)26-21)23-11-8-16(9-12-23)15-24-13-10-17-4-1-2-6-19(17)24/h1-2,4,6,14,16H,3,5,7-13,15H2. The Morgan fingerprint density at radius 3 is 2.73 bits per heavy atom. The first-order valence-corrected chi connectivity index (χ1v) is 10.8. The zero-order valence-electron chi connectivity index (χ0n) is 15.2. The first-order chi connectivity index (χ1) is 12.8. The van der Waals surface area contributed by atoms with Gasteiger partial charge in [0, 0.05) is 36.7 Å². The van der Waals surface area contributed by atoms with Crippen molar-refractivity contribution in [2.24, 2.45) is 5.92 Å². The van der Waals surface area contributed by atoms with E-state index in [1.54, 1.807) is 11.3 Å². The fourth-order valence-electron chi connectivity index (χ4n) is 4.82. The maximum atomic E-state index is 12.8. The number of carbonyl (C=O) groups is 1. The number of nitrogens with zero attached hydrogens (tertiary/aromatic N) is 2. The Labute approximate surface area is 159 Å². The Morgan fingerprint density at radius 2 is 1.88 bits per heavy atom. The summed E-state index contributed by atoms with van der Waals surface area (Å²) in [5.41, 5.74) is 4.35. The van der Waals surface area contributed by atoms with Gasteiger partial charge in [0.25, 0.3) is 5.91 Å². The third-order valence-electron chi connectivity index (χ3n) is 6.32. The van der Waals surface area contributed by atoms with Gasteiger partial charge in [0.1, 0.15) is 0 Å². The summed E-state index contributed by atoms with van der Waals surface area (Å²) in [5, 5.41) is 0. The molecule has 0 spiro atoms. The van der Waals surface area contributed by atoms with Crippen LogP contribution in [-0.2, 0) is 19.3 Å². The van der Waals surface area contributed by atoms with E-state index >= 15 is 0 Å². The molecule has 0 radical (unpaired) electrons. The molecule has 3 nitrogen and oxygen atoms in total. The van der Waals surface area contributed by atoms with Gasteiger partial charge in [-0.15, -0.1) is 11.3 Å². The molecule has 1 aromatic heterocycles. The minimum atomic E-state index is 0.273. The van der Waals surface area contributed by atoms with Crippen molar-refractivity contribution in [3.05, 3.63) is 51.2 Å². The van der Waals surface area contributed by atoms with Gasteiger partial charge in [-0.1, -0.05) is 18.2 Å². The van der Waals surface area contributed by atoms with Crippen LogP contribution in [0, 0.1) is 5.92 Å². The zero-order chi connectivity index (χ0) is 17.5. The first-order valence-electron chi connectivity index (χ1n) is 10.0. The van der Waals surface area contributed by atoms with Crippen molar-refractivity contribution in [3.63, 3.8) is 0 Å². The second-order valence-electron chi connectivity index (χ2n) is 7.97. The second-order valence-corrected chi connectivity index (χ2v) is 9.11. The van der Waals surface area contributed by atoms with Crippen LogP contribution in [0.15, 0.2) is 30.3 Å². The van der Waals surface area contributed by atoms with E-state index in [0.717, 1.165) is 43.9 Å². The van der Waals surface area contributed by atoms with E-state index in [2.05, 4.69) is 40.1 Å². The summed E-state index contributed by atoms with van der Waals surface area (Å²) in [6, 6.07) is 11.0. The number of rotatable bonds is 3. The maximum absolute atomic E-state index is 12.8. The first kappa shape index (κ1) is 16.4. The summed E-state index contributed by atoms with van der Waals surface area (Å²) in [5.74, 6) is 0.980. The van der Waals surface area contributed by atoms with Gasteiger partial charge < -0.3 is 9.80 Å². The fourth-order valence-corrected chi connectivity index (χ4v) is 6.04. The number of fused-ring (bicyclic) bond motifs is 2. The molecule has 2 aromatic rings. The Kier molecular flexibility index (Phi) is 4.24. The molecule has 0 saturated carbocycles. The molecule has 0 atom stereocenters. The normalized spacial score (nSPS) is 19.7. The molecule has 3 aliphatic rings. The largest absolute Gasteiger partial charge is 0.371 e. The van der Waals surface area contributed by atoms with Crippen LogP contribution >= 0.6 is 11.3 Å². The highest BCUT2D eigenvalue weighted by Gasteiger charge is 2.28. The van der Waals surface area contributed by atoms with Gasteiger partial charge in [-0.05, 0) is 67.7 Å². The maximum Gasteiger partial charge on any atom is 0.263 e. The monoisotopic (exact) mass is 366 g/mol. The molecule has 1 fully saturated rings. The van der Waals surface area contributed by atoms with Crippen molar-refractivity contribution in [3.8, 4) is 0 Å². The summed E-state index contributed by atoms with van der Waals surface area (Å²) in [6.45, 7) is 4.13. The Balaban J connectivity index is 1.18. The molecule has 1 saturated heterocycles. The van der Waals surface area contributed by atoms with E-state index in [-0.39, 0.29) is 5.91 Å². The van der Waals surface area contributed by atoms with E-state index < -0.39 is 0 Å². The van der Waals surface area contributed by atoms with Gasteiger partial charge in [-0.2, -0.15) is 0 Å². The summed E-state index contributed by atoms with van der Waals surface area (Å²) in [6.07, 6.45) is 7.05. The molecule has 3 heterocycles. The van der Waals surface area contributed by atoms with E-state index in [1.165, 1.54) is 47.4 Å². The van der Waals surface area contributed by atoms with Gasteiger partial charge in [0.05, 0.1) is 4.88 Å². The number of likely N-dealkylation sites (tertiary alicyclic amines) is 1. The average molecular weight is 367 g/mol. The van der Waals surface area contributed by atoms with Crippen LogP contribution in [0.4, 0.5) is 5.69 Å². The van der Waals surface area contributed by atoms with Gasteiger partial charge in [-0.3, -0.25) is 4.79 Å². The molecule has 4 heteroatoms. The molecule has 5 rings (SSSR count). The molecule has 136 valence electrons. The molecular weight excluding hydrogens is 340 g/mol. The lowest BCUT2D eigenvalue weighted by Gasteiger charge is -2.34. The average Bonchev–Trinajstić information content (AvgIpc) is 3.37. The third-order valence-corrected chi connectivity index (χ3v) is 7.55. The lowest BCUT2D eigenvalue weighted by molar-refractivity contribution is 0.0698. The molecule has 1 aromatic carbocycles. The van der Waals surface area contributed by atoms with Crippen LogP contribution in [0.2, 0.25) is 0 Å². The Hall–Kier alpha value is -1.81. The number of piperidine rings is 1. The number of carbonyl (C=O) groups excluding carboxylic acids is 1. The van der Waals surface area contributed by atoms with E-state index in [9.17, 15) is 4.79 Å². The van der Waals surface area contributed by atoms with Crippen molar-refractivity contribution in [2.45, 2.75) is 38.5 Å². The molecule has 1 amide bonds. The highest BCUT2D eigenvalue weighted by molar-refractivity contribution is 7.14. The second kappa shape index (κ2) is 6.73. The quantitative estimate of drug-likeness (QED) is 0.815. The number of hydrogen-bond donors (Lipinski definition) is 0. The van der Waals surface area contributed by atoms with Crippen molar-refractivity contribution in [1.29, 1.82) is 0 Å². The molecule has 26 heavy (non-hydrogen) atoms. The predicted molar refractivity (Wildman–Crippen MR) is 107 cm³/mol. The number of aryl methyl sites for hydroxylation is 2. The van der Waals surface area contributed by atoms with Crippen molar-refractivity contribution in [1.82, 2.24) is 4.90 Å². The summed E-state index contributed by atoms with van der Waals surface area (Å²) < 4.78 is 0. The fraction of sp³-hybridized carbons (Fsp3) is 0.500. The zero-order valence-corrected chi connectivity index (χ0v) is 16.1. The van der Waals surface area contributed by atoms with Crippen molar-refractivity contribution < 1.29 is 4.79 Å². The Bertz CT molecular complexity index is 798. The molecule has 2 aliphatic heterocycles. The SMILES string of the molecule is O=C(c1cc2c(s1)CCC2)N1CCC(CN2CCc3ccccc32)CC1. The van der Waals surface area contributed by atoms with Crippen LogP contribution in [0.3, 0.4) is 0 Å². The molecular formula is C22H26N2OS. The van der Waals surface area contributed by atoms with E-state index in [1.807, 2.05) is 0 Å². The number of anilines is 1. The molecule has 0 N–H and O–H groups in total. The summed E-state index contributed by atoms with van der Waals surface area (Å²) in [7, 11) is 0. The minimum absolute atomic E-state index is 0.273. The van der Waals surface area contributed by atoms with Crippen molar-refractivity contribution in [2.75, 3.05) is 31.1 Å². The smallest absolute Gasteiger partial charge is 0.263 e. The number of benzene rings is 1. The van der Waals surface area contributed by atoms with Gasteiger partial charge in [-0.25, -0.2) is 0 Å². The lowest BCUT2D eigenvalue weighted by atomic mass is 9.96. The summed E-state index contributed by atoms with van der Waals surface area (Å²) in [4.78, 5) is 19.9. The van der Waals surface area contributed by atoms with Crippen molar-refractivity contribution >= 4 is 22.9 Å². The number of amides is 1. The summed E-state index contributed by atoms with van der Waals surface area (Å²) >= 11 is 1.74. The lowest BCUT2D eigenvalue weighted by Crippen LogP contribution is -2.41. The van der Waals surface area contributed by atoms with Crippen LogP contribution < -0.4 is 4.90 Å². The Morgan fingerprint density at radius 1 is 1.04 bits per heavy atom. The number of thiophene rings is 1. The third kappa shape index (κ3) is 2.94. The van der Waals surface area contributed by atoms with E-state index in [4.69, 9.17) is 0 Å². The molecule has 0 unspecified atom stereocenters. The number of hydrogen-bond acceptors (Lipinski definition) is 3. The highest BCUT2D eigenvalue weighted by atomic mass is 32.1. The van der Waals surface area contributed by atoms with Gasteiger partial charge in [0.15, 0.2) is 0 Å². The highest BCUT2D eigenvalue weighted by Crippen LogP contribution is 2.33. The minimum Gasteiger partial charge on any atom is -0.371 e. The van der Waals surface area contributed by atoms with Crippen LogP contribution in [-0.4, -0.2) is 37.0 Å². The van der Waals surface area contributed by atoms with Crippen LogP contribution in [0.1, 0.15) is 44.9 Å².